The zero-order chi connectivity index (χ0) is 11.6. The third-order valence-electron chi connectivity index (χ3n) is 3.96. The van der Waals surface area contributed by atoms with Crippen molar-refractivity contribution in [2.45, 2.75) is 51.2 Å². The van der Waals surface area contributed by atoms with Crippen molar-refractivity contribution in [2.24, 2.45) is 5.41 Å². The van der Waals surface area contributed by atoms with E-state index in [1.807, 2.05) is 6.92 Å². The SMILES string of the molecule is CCCC1(C(=O)O)CCC2(CC1)OCCO2. The van der Waals surface area contributed by atoms with Crippen molar-refractivity contribution in [3.63, 3.8) is 0 Å². The molecule has 1 heterocycles. The summed E-state index contributed by atoms with van der Waals surface area (Å²) in [5, 5.41) is 9.37. The lowest BCUT2D eigenvalue weighted by Gasteiger charge is -2.41. The summed E-state index contributed by atoms with van der Waals surface area (Å²) in [6.45, 7) is 3.33. The molecule has 0 amide bonds. The van der Waals surface area contributed by atoms with Crippen LogP contribution in [-0.2, 0) is 14.3 Å². The molecule has 4 nitrogen and oxygen atoms in total. The van der Waals surface area contributed by atoms with Crippen LogP contribution in [0.1, 0.15) is 45.4 Å². The zero-order valence-corrected chi connectivity index (χ0v) is 9.83. The standard InChI is InChI=1S/C12H20O4/c1-2-3-11(10(13)14)4-6-12(7-5-11)15-8-9-16-12/h2-9H2,1H3,(H,13,14). The molecule has 92 valence electrons. The van der Waals surface area contributed by atoms with E-state index in [1.54, 1.807) is 0 Å². The van der Waals surface area contributed by atoms with E-state index < -0.39 is 17.2 Å². The van der Waals surface area contributed by atoms with Crippen LogP contribution in [0.15, 0.2) is 0 Å². The van der Waals surface area contributed by atoms with E-state index in [2.05, 4.69) is 0 Å². The van der Waals surface area contributed by atoms with Gasteiger partial charge in [-0.3, -0.25) is 4.79 Å². The summed E-state index contributed by atoms with van der Waals surface area (Å²) in [4.78, 5) is 11.4. The van der Waals surface area contributed by atoms with Gasteiger partial charge in [0.25, 0.3) is 0 Å². The number of rotatable bonds is 3. The zero-order valence-electron chi connectivity index (χ0n) is 9.83. The topological polar surface area (TPSA) is 55.8 Å². The van der Waals surface area contributed by atoms with Gasteiger partial charge >= 0.3 is 5.97 Å². The predicted molar refractivity (Wildman–Crippen MR) is 58.1 cm³/mol. The monoisotopic (exact) mass is 228 g/mol. The largest absolute Gasteiger partial charge is 0.481 e. The Labute approximate surface area is 95.9 Å². The molecule has 1 saturated heterocycles. The minimum absolute atomic E-state index is 0.452. The van der Waals surface area contributed by atoms with Crippen molar-refractivity contribution >= 4 is 5.97 Å². The van der Waals surface area contributed by atoms with Crippen LogP contribution in [0, 0.1) is 5.41 Å². The minimum Gasteiger partial charge on any atom is -0.481 e. The van der Waals surface area contributed by atoms with Crippen molar-refractivity contribution in [2.75, 3.05) is 13.2 Å². The smallest absolute Gasteiger partial charge is 0.309 e. The van der Waals surface area contributed by atoms with Crippen LogP contribution < -0.4 is 0 Å². The quantitative estimate of drug-likeness (QED) is 0.804. The molecule has 4 heteroatoms. The van der Waals surface area contributed by atoms with Gasteiger partial charge < -0.3 is 14.6 Å². The highest BCUT2D eigenvalue weighted by Gasteiger charge is 2.49. The average Bonchev–Trinajstić information content (AvgIpc) is 2.71. The third kappa shape index (κ3) is 1.96. The highest BCUT2D eigenvalue weighted by atomic mass is 16.7. The Kier molecular flexibility index (Phi) is 3.22. The molecule has 16 heavy (non-hydrogen) atoms. The summed E-state index contributed by atoms with van der Waals surface area (Å²) in [7, 11) is 0. The lowest BCUT2D eigenvalue weighted by Crippen LogP contribution is -2.43. The van der Waals surface area contributed by atoms with Gasteiger partial charge in [-0.15, -0.1) is 0 Å². The van der Waals surface area contributed by atoms with Crippen LogP contribution in [0.5, 0.6) is 0 Å². The number of carboxylic acids is 1. The Hall–Kier alpha value is -0.610. The molecule has 1 saturated carbocycles. The van der Waals surface area contributed by atoms with Crippen LogP contribution >= 0.6 is 0 Å². The van der Waals surface area contributed by atoms with Gasteiger partial charge in [-0.2, -0.15) is 0 Å². The molecule has 0 aromatic carbocycles. The van der Waals surface area contributed by atoms with E-state index in [0.29, 0.717) is 26.1 Å². The molecule has 1 N–H and O–H groups in total. The fourth-order valence-electron chi connectivity index (χ4n) is 2.94. The number of hydrogen-bond acceptors (Lipinski definition) is 3. The van der Waals surface area contributed by atoms with Crippen LogP contribution in [0.4, 0.5) is 0 Å². The van der Waals surface area contributed by atoms with Crippen LogP contribution in [-0.4, -0.2) is 30.1 Å². The van der Waals surface area contributed by atoms with Crippen molar-refractivity contribution in [1.29, 1.82) is 0 Å². The molecular weight excluding hydrogens is 208 g/mol. The first kappa shape index (κ1) is 11.9. The van der Waals surface area contributed by atoms with Crippen molar-refractivity contribution in [1.82, 2.24) is 0 Å². The third-order valence-corrected chi connectivity index (χ3v) is 3.96. The second-order valence-electron chi connectivity index (χ2n) is 4.94. The fraction of sp³-hybridized carbons (Fsp3) is 0.917. The van der Waals surface area contributed by atoms with Gasteiger partial charge in [-0.1, -0.05) is 13.3 Å². The summed E-state index contributed by atoms with van der Waals surface area (Å²) >= 11 is 0. The first-order valence-electron chi connectivity index (χ1n) is 6.14. The van der Waals surface area contributed by atoms with Gasteiger partial charge in [-0.25, -0.2) is 0 Å². The van der Waals surface area contributed by atoms with E-state index in [1.165, 1.54) is 0 Å². The van der Waals surface area contributed by atoms with E-state index in [9.17, 15) is 9.90 Å². The number of carbonyl (C=O) groups is 1. The number of carboxylic acid groups (broad SMARTS) is 1. The van der Waals surface area contributed by atoms with Crippen molar-refractivity contribution in [3.8, 4) is 0 Å². The van der Waals surface area contributed by atoms with Crippen LogP contribution in [0.2, 0.25) is 0 Å². The molecule has 2 fully saturated rings. The Balaban J connectivity index is 2.03. The molecule has 0 radical (unpaired) electrons. The van der Waals surface area contributed by atoms with Gasteiger partial charge in [-0.05, 0) is 19.3 Å². The van der Waals surface area contributed by atoms with Gasteiger partial charge in [0.15, 0.2) is 5.79 Å². The molecule has 0 bridgehead atoms. The molecular formula is C12H20O4. The number of aliphatic carboxylic acids is 1. The summed E-state index contributed by atoms with van der Waals surface area (Å²) in [5.41, 5.74) is -0.532. The van der Waals surface area contributed by atoms with Gasteiger partial charge in [0, 0.05) is 12.8 Å². The van der Waals surface area contributed by atoms with Crippen molar-refractivity contribution < 1.29 is 19.4 Å². The Morgan fingerprint density at radius 2 is 1.75 bits per heavy atom. The van der Waals surface area contributed by atoms with Crippen molar-refractivity contribution in [3.05, 3.63) is 0 Å². The Morgan fingerprint density at radius 3 is 2.19 bits per heavy atom. The van der Waals surface area contributed by atoms with Crippen LogP contribution in [0.25, 0.3) is 0 Å². The van der Waals surface area contributed by atoms with Gasteiger partial charge in [0.2, 0.25) is 0 Å². The summed E-state index contributed by atoms with van der Waals surface area (Å²) in [6.07, 6.45) is 4.48. The lowest BCUT2D eigenvalue weighted by atomic mass is 9.69. The van der Waals surface area contributed by atoms with Crippen LogP contribution in [0.3, 0.4) is 0 Å². The molecule has 1 aliphatic heterocycles. The highest BCUT2D eigenvalue weighted by molar-refractivity contribution is 5.74. The average molecular weight is 228 g/mol. The maximum Gasteiger partial charge on any atom is 0.309 e. The second-order valence-corrected chi connectivity index (χ2v) is 4.94. The molecule has 0 aromatic heterocycles. The molecule has 0 atom stereocenters. The number of hydrogen-bond donors (Lipinski definition) is 1. The molecule has 2 rings (SSSR count). The molecule has 1 spiro atoms. The minimum atomic E-state index is -0.651. The molecule has 0 unspecified atom stereocenters. The maximum atomic E-state index is 11.4. The summed E-state index contributed by atoms with van der Waals surface area (Å²) in [5.74, 6) is -1.10. The second kappa shape index (κ2) is 4.34. The Morgan fingerprint density at radius 1 is 1.19 bits per heavy atom. The summed E-state index contributed by atoms with van der Waals surface area (Å²) < 4.78 is 11.2. The van der Waals surface area contributed by atoms with Gasteiger partial charge in [0.1, 0.15) is 0 Å². The highest BCUT2D eigenvalue weighted by Crippen LogP contribution is 2.47. The first-order chi connectivity index (χ1) is 7.63. The molecule has 1 aliphatic carbocycles. The van der Waals surface area contributed by atoms with E-state index in [4.69, 9.17) is 9.47 Å². The lowest BCUT2D eigenvalue weighted by molar-refractivity contribution is -0.198. The number of ether oxygens (including phenoxy) is 2. The first-order valence-corrected chi connectivity index (χ1v) is 6.14. The normalized spacial score (nSPS) is 27.1. The summed E-state index contributed by atoms with van der Waals surface area (Å²) in [6, 6.07) is 0. The molecule has 2 aliphatic rings. The van der Waals surface area contributed by atoms with Gasteiger partial charge in [0.05, 0.1) is 18.6 Å². The Bertz CT molecular complexity index is 258. The molecule has 0 aromatic rings. The van der Waals surface area contributed by atoms with E-state index in [-0.39, 0.29) is 0 Å². The van der Waals surface area contributed by atoms with E-state index in [0.717, 1.165) is 25.7 Å². The maximum absolute atomic E-state index is 11.4. The van der Waals surface area contributed by atoms with E-state index >= 15 is 0 Å². The fourth-order valence-corrected chi connectivity index (χ4v) is 2.94. The predicted octanol–water partition coefficient (Wildman–Crippen LogP) is 2.17.